The highest BCUT2D eigenvalue weighted by atomic mass is 32.2. The lowest BCUT2D eigenvalue weighted by molar-refractivity contribution is 0.415. The molecule has 3 rings (SSSR count). The Bertz CT molecular complexity index is 789. The van der Waals surface area contributed by atoms with Gasteiger partial charge in [-0.2, -0.15) is 5.10 Å². The Labute approximate surface area is 124 Å². The van der Waals surface area contributed by atoms with Gasteiger partial charge in [-0.25, -0.2) is 8.42 Å². The summed E-state index contributed by atoms with van der Waals surface area (Å²) in [6, 6.07) is 3.47. The van der Waals surface area contributed by atoms with Crippen LogP contribution in [0.4, 0.5) is 0 Å². The SMILES string of the molecule is COc1cc(S(C)(=O)=O)c(C)cc1-c1cn[nH]c1C1CC1. The van der Waals surface area contributed by atoms with Gasteiger partial charge in [0.05, 0.1) is 18.2 Å². The van der Waals surface area contributed by atoms with Crippen LogP contribution in [0.25, 0.3) is 11.1 Å². The van der Waals surface area contributed by atoms with Crippen molar-refractivity contribution >= 4 is 9.84 Å². The first-order valence-corrected chi connectivity index (χ1v) is 8.73. The van der Waals surface area contributed by atoms with Gasteiger partial charge < -0.3 is 4.74 Å². The number of hydrogen-bond donors (Lipinski definition) is 1. The third kappa shape index (κ3) is 2.55. The van der Waals surface area contributed by atoms with Crippen LogP contribution < -0.4 is 4.74 Å². The number of aromatic amines is 1. The predicted molar refractivity (Wildman–Crippen MR) is 80.4 cm³/mol. The molecule has 2 aromatic rings. The van der Waals surface area contributed by atoms with E-state index in [1.807, 2.05) is 6.07 Å². The van der Waals surface area contributed by atoms with Crippen molar-refractivity contribution in [3.8, 4) is 16.9 Å². The van der Waals surface area contributed by atoms with Crippen LogP contribution in [0.3, 0.4) is 0 Å². The van der Waals surface area contributed by atoms with Crippen molar-refractivity contribution in [2.45, 2.75) is 30.6 Å². The maximum atomic E-state index is 11.8. The third-order valence-corrected chi connectivity index (χ3v) is 5.08. The van der Waals surface area contributed by atoms with Gasteiger partial charge in [0.1, 0.15) is 5.75 Å². The number of sulfone groups is 1. The lowest BCUT2D eigenvalue weighted by Crippen LogP contribution is -2.02. The van der Waals surface area contributed by atoms with Gasteiger partial charge in [0, 0.05) is 29.0 Å². The van der Waals surface area contributed by atoms with E-state index in [1.54, 1.807) is 26.3 Å². The number of aromatic nitrogens is 2. The van der Waals surface area contributed by atoms with Crippen molar-refractivity contribution in [2.24, 2.45) is 0 Å². The highest BCUT2D eigenvalue weighted by molar-refractivity contribution is 7.90. The number of aryl methyl sites for hydroxylation is 1. The Hall–Kier alpha value is -1.82. The van der Waals surface area contributed by atoms with E-state index in [9.17, 15) is 8.42 Å². The van der Waals surface area contributed by atoms with Crippen molar-refractivity contribution in [1.82, 2.24) is 10.2 Å². The second-order valence-electron chi connectivity index (χ2n) is 5.56. The molecule has 0 aliphatic heterocycles. The molecule has 1 aliphatic rings. The molecule has 0 bridgehead atoms. The minimum atomic E-state index is -3.27. The van der Waals surface area contributed by atoms with Crippen LogP contribution in [0.15, 0.2) is 23.2 Å². The molecule has 0 amide bonds. The van der Waals surface area contributed by atoms with Crippen LogP contribution in [0.2, 0.25) is 0 Å². The fourth-order valence-corrected chi connectivity index (χ4v) is 3.61. The molecule has 1 fully saturated rings. The van der Waals surface area contributed by atoms with Gasteiger partial charge >= 0.3 is 0 Å². The van der Waals surface area contributed by atoms with E-state index in [0.29, 0.717) is 16.6 Å². The van der Waals surface area contributed by atoms with E-state index in [-0.39, 0.29) is 0 Å². The summed E-state index contributed by atoms with van der Waals surface area (Å²) < 4.78 is 29.1. The van der Waals surface area contributed by atoms with Crippen molar-refractivity contribution in [1.29, 1.82) is 0 Å². The molecule has 0 unspecified atom stereocenters. The summed E-state index contributed by atoms with van der Waals surface area (Å²) >= 11 is 0. The maximum absolute atomic E-state index is 11.8. The number of nitrogens with zero attached hydrogens (tertiary/aromatic N) is 1. The summed E-state index contributed by atoms with van der Waals surface area (Å²) in [5, 5.41) is 7.20. The molecule has 0 radical (unpaired) electrons. The molecular weight excluding hydrogens is 288 g/mol. The van der Waals surface area contributed by atoms with Gasteiger partial charge in [0.2, 0.25) is 0 Å². The van der Waals surface area contributed by atoms with E-state index in [2.05, 4.69) is 10.2 Å². The Morgan fingerprint density at radius 2 is 2.00 bits per heavy atom. The largest absolute Gasteiger partial charge is 0.496 e. The summed E-state index contributed by atoms with van der Waals surface area (Å²) in [6.45, 7) is 1.80. The molecule has 0 saturated heterocycles. The zero-order valence-electron chi connectivity index (χ0n) is 12.3. The van der Waals surface area contributed by atoms with E-state index in [1.165, 1.54) is 6.26 Å². The van der Waals surface area contributed by atoms with Crippen molar-refractivity contribution in [3.05, 3.63) is 29.6 Å². The molecule has 112 valence electrons. The summed E-state index contributed by atoms with van der Waals surface area (Å²) in [5.41, 5.74) is 3.71. The Morgan fingerprint density at radius 1 is 1.29 bits per heavy atom. The fraction of sp³-hybridized carbons (Fsp3) is 0.400. The quantitative estimate of drug-likeness (QED) is 0.942. The molecule has 1 aromatic carbocycles. The number of hydrogen-bond acceptors (Lipinski definition) is 4. The average molecular weight is 306 g/mol. The summed E-state index contributed by atoms with van der Waals surface area (Å²) in [7, 11) is -1.72. The van der Waals surface area contributed by atoms with Crippen LogP contribution in [-0.2, 0) is 9.84 Å². The van der Waals surface area contributed by atoms with E-state index < -0.39 is 9.84 Å². The van der Waals surface area contributed by atoms with Gasteiger partial charge in [-0.1, -0.05) is 0 Å². The normalized spacial score (nSPS) is 15.2. The minimum absolute atomic E-state index is 0.305. The smallest absolute Gasteiger partial charge is 0.175 e. The van der Waals surface area contributed by atoms with Crippen molar-refractivity contribution in [2.75, 3.05) is 13.4 Å². The van der Waals surface area contributed by atoms with Crippen LogP contribution in [0.1, 0.15) is 30.0 Å². The predicted octanol–water partition coefficient (Wildman–Crippen LogP) is 2.67. The van der Waals surface area contributed by atoms with Gasteiger partial charge in [-0.3, -0.25) is 5.10 Å². The maximum Gasteiger partial charge on any atom is 0.175 e. The van der Waals surface area contributed by atoms with Gasteiger partial charge in [0.15, 0.2) is 9.84 Å². The first-order chi connectivity index (χ1) is 9.91. The first kappa shape index (κ1) is 14.1. The molecule has 1 aromatic heterocycles. The van der Waals surface area contributed by atoms with Gasteiger partial charge in [0.25, 0.3) is 0 Å². The second-order valence-corrected chi connectivity index (χ2v) is 7.55. The molecule has 6 heteroatoms. The second kappa shape index (κ2) is 4.87. The van der Waals surface area contributed by atoms with E-state index in [0.717, 1.165) is 35.2 Å². The van der Waals surface area contributed by atoms with E-state index >= 15 is 0 Å². The van der Waals surface area contributed by atoms with Crippen LogP contribution in [0, 0.1) is 6.92 Å². The molecule has 1 saturated carbocycles. The highest BCUT2D eigenvalue weighted by Crippen LogP contribution is 2.45. The highest BCUT2D eigenvalue weighted by Gasteiger charge is 2.29. The van der Waals surface area contributed by atoms with Crippen molar-refractivity contribution < 1.29 is 13.2 Å². The summed E-state index contributed by atoms with van der Waals surface area (Å²) in [4.78, 5) is 0.305. The standard InChI is InChI=1S/C15H18N2O3S/c1-9-6-11(12-8-16-17-15(12)10-4-5-10)13(20-2)7-14(9)21(3,18)19/h6-8,10H,4-5H2,1-3H3,(H,16,17). The molecule has 5 nitrogen and oxygen atoms in total. The zero-order chi connectivity index (χ0) is 15.2. The number of nitrogens with one attached hydrogen (secondary N) is 1. The molecular formula is C15H18N2O3S. The lowest BCUT2D eigenvalue weighted by Gasteiger charge is -2.13. The van der Waals surface area contributed by atoms with Crippen molar-refractivity contribution in [3.63, 3.8) is 0 Å². The van der Waals surface area contributed by atoms with Crippen LogP contribution >= 0.6 is 0 Å². The number of rotatable bonds is 4. The molecule has 1 aliphatic carbocycles. The molecule has 0 atom stereocenters. The lowest BCUT2D eigenvalue weighted by atomic mass is 10.0. The fourth-order valence-electron chi connectivity index (χ4n) is 2.64. The zero-order valence-corrected chi connectivity index (χ0v) is 13.1. The number of H-pyrrole nitrogens is 1. The Morgan fingerprint density at radius 3 is 2.57 bits per heavy atom. The van der Waals surface area contributed by atoms with Crippen LogP contribution in [-0.4, -0.2) is 32.0 Å². The molecule has 21 heavy (non-hydrogen) atoms. The Kier molecular flexibility index (Phi) is 3.28. The summed E-state index contributed by atoms with van der Waals surface area (Å²) in [6.07, 6.45) is 5.32. The molecule has 0 spiro atoms. The van der Waals surface area contributed by atoms with Crippen LogP contribution in [0.5, 0.6) is 5.75 Å². The monoisotopic (exact) mass is 306 g/mol. The van der Waals surface area contributed by atoms with E-state index in [4.69, 9.17) is 4.74 Å². The number of ether oxygens (including phenoxy) is 1. The number of methoxy groups -OCH3 is 1. The summed E-state index contributed by atoms with van der Waals surface area (Å²) in [5.74, 6) is 1.09. The third-order valence-electron chi connectivity index (χ3n) is 3.84. The number of benzene rings is 1. The van der Waals surface area contributed by atoms with Gasteiger partial charge in [-0.15, -0.1) is 0 Å². The first-order valence-electron chi connectivity index (χ1n) is 6.84. The molecule has 1 N–H and O–H groups in total. The molecule has 1 heterocycles. The average Bonchev–Trinajstić information content (AvgIpc) is 3.14. The minimum Gasteiger partial charge on any atom is -0.496 e. The topological polar surface area (TPSA) is 72.1 Å². The van der Waals surface area contributed by atoms with Gasteiger partial charge in [-0.05, 0) is 37.5 Å². The Balaban J connectivity index is 2.19.